The SMILES string of the molecule is NCCCNC1CCCC[N]1. The molecule has 1 rings (SSSR count). The first-order valence-corrected chi connectivity index (χ1v) is 4.53. The fraction of sp³-hybridized carbons (Fsp3) is 1.00. The quantitative estimate of drug-likeness (QED) is 0.565. The van der Waals surface area contributed by atoms with E-state index in [1.807, 2.05) is 0 Å². The number of nitrogens with one attached hydrogen (secondary N) is 1. The van der Waals surface area contributed by atoms with Crippen molar-refractivity contribution in [3.05, 3.63) is 0 Å². The van der Waals surface area contributed by atoms with Crippen LogP contribution in [0.4, 0.5) is 0 Å². The van der Waals surface area contributed by atoms with Crippen LogP contribution in [0.1, 0.15) is 25.7 Å². The molecule has 0 saturated carbocycles. The van der Waals surface area contributed by atoms with Gasteiger partial charge in [-0.1, -0.05) is 0 Å². The van der Waals surface area contributed by atoms with Crippen molar-refractivity contribution in [2.24, 2.45) is 5.73 Å². The molecule has 0 bridgehead atoms. The highest BCUT2D eigenvalue weighted by Gasteiger charge is 2.11. The maximum atomic E-state index is 5.37. The van der Waals surface area contributed by atoms with E-state index in [1.165, 1.54) is 19.3 Å². The average molecular weight is 156 g/mol. The van der Waals surface area contributed by atoms with Crippen LogP contribution in [0.5, 0.6) is 0 Å². The number of nitrogens with zero attached hydrogens (tertiary/aromatic N) is 1. The average Bonchev–Trinajstić information content (AvgIpc) is 2.07. The smallest absolute Gasteiger partial charge is 0.0735 e. The van der Waals surface area contributed by atoms with Gasteiger partial charge in [0.2, 0.25) is 0 Å². The molecule has 3 N–H and O–H groups in total. The van der Waals surface area contributed by atoms with Gasteiger partial charge in [0.1, 0.15) is 0 Å². The van der Waals surface area contributed by atoms with Crippen LogP contribution in [0, 0.1) is 0 Å². The number of rotatable bonds is 4. The minimum absolute atomic E-state index is 0.426. The Morgan fingerprint density at radius 1 is 1.45 bits per heavy atom. The Morgan fingerprint density at radius 2 is 2.36 bits per heavy atom. The second-order valence-electron chi connectivity index (χ2n) is 3.01. The van der Waals surface area contributed by atoms with Gasteiger partial charge >= 0.3 is 0 Å². The summed E-state index contributed by atoms with van der Waals surface area (Å²) in [6.07, 6.45) is 5.30. The number of hydrogen-bond acceptors (Lipinski definition) is 2. The lowest BCUT2D eigenvalue weighted by Crippen LogP contribution is -2.41. The standard InChI is InChI=1S/C8H18N3/c9-5-3-7-11-8-4-1-2-6-10-8/h8,11H,1-7,9H2. The van der Waals surface area contributed by atoms with E-state index in [0.29, 0.717) is 6.17 Å². The van der Waals surface area contributed by atoms with Crippen molar-refractivity contribution >= 4 is 0 Å². The van der Waals surface area contributed by atoms with Gasteiger partial charge in [-0.05, 0) is 38.8 Å². The topological polar surface area (TPSA) is 52.1 Å². The molecule has 0 spiro atoms. The van der Waals surface area contributed by atoms with Gasteiger partial charge in [0, 0.05) is 6.54 Å². The second-order valence-corrected chi connectivity index (χ2v) is 3.01. The predicted molar refractivity (Wildman–Crippen MR) is 46.3 cm³/mol. The fourth-order valence-electron chi connectivity index (χ4n) is 1.33. The van der Waals surface area contributed by atoms with Crippen molar-refractivity contribution in [1.82, 2.24) is 10.6 Å². The molecule has 1 aliphatic rings. The maximum absolute atomic E-state index is 5.37. The molecule has 1 saturated heterocycles. The molecular weight excluding hydrogens is 138 g/mol. The lowest BCUT2D eigenvalue weighted by atomic mass is 10.1. The Balaban J connectivity index is 1.96. The van der Waals surface area contributed by atoms with Gasteiger partial charge in [0.15, 0.2) is 0 Å². The molecule has 3 heteroatoms. The van der Waals surface area contributed by atoms with E-state index in [4.69, 9.17) is 5.73 Å². The normalized spacial score (nSPS) is 25.4. The molecule has 11 heavy (non-hydrogen) atoms. The highest BCUT2D eigenvalue weighted by atomic mass is 15.1. The zero-order valence-electron chi connectivity index (χ0n) is 7.05. The van der Waals surface area contributed by atoms with Crippen molar-refractivity contribution in [2.45, 2.75) is 31.8 Å². The third kappa shape index (κ3) is 3.70. The van der Waals surface area contributed by atoms with Crippen LogP contribution in [0.2, 0.25) is 0 Å². The van der Waals surface area contributed by atoms with E-state index in [-0.39, 0.29) is 0 Å². The zero-order valence-corrected chi connectivity index (χ0v) is 7.05. The molecule has 0 aromatic heterocycles. The Morgan fingerprint density at radius 3 is 3.00 bits per heavy atom. The monoisotopic (exact) mass is 156 g/mol. The van der Waals surface area contributed by atoms with Crippen LogP contribution in [-0.2, 0) is 0 Å². The third-order valence-corrected chi connectivity index (χ3v) is 2.00. The van der Waals surface area contributed by atoms with Crippen molar-refractivity contribution in [1.29, 1.82) is 0 Å². The second kappa shape index (κ2) is 5.52. The fourth-order valence-corrected chi connectivity index (χ4v) is 1.33. The van der Waals surface area contributed by atoms with Crippen molar-refractivity contribution in [2.75, 3.05) is 19.6 Å². The molecule has 1 fully saturated rings. The van der Waals surface area contributed by atoms with Crippen molar-refractivity contribution in [3.8, 4) is 0 Å². The molecule has 65 valence electrons. The van der Waals surface area contributed by atoms with Crippen LogP contribution in [0.15, 0.2) is 0 Å². The molecule has 1 heterocycles. The lowest BCUT2D eigenvalue weighted by Gasteiger charge is -2.22. The van der Waals surface area contributed by atoms with Gasteiger partial charge in [0.25, 0.3) is 0 Å². The molecule has 1 aliphatic heterocycles. The molecule has 3 nitrogen and oxygen atoms in total. The van der Waals surface area contributed by atoms with Gasteiger partial charge in [-0.25, -0.2) is 5.32 Å². The predicted octanol–water partition coefficient (Wildman–Crippen LogP) is 0.0392. The van der Waals surface area contributed by atoms with Crippen LogP contribution in [-0.4, -0.2) is 25.8 Å². The summed E-state index contributed by atoms with van der Waals surface area (Å²) in [4.78, 5) is 0. The molecule has 0 amide bonds. The summed E-state index contributed by atoms with van der Waals surface area (Å²) < 4.78 is 0. The van der Waals surface area contributed by atoms with E-state index >= 15 is 0 Å². The number of nitrogens with two attached hydrogens (primary N) is 1. The number of hydrogen-bond donors (Lipinski definition) is 2. The number of piperidine rings is 1. The summed E-state index contributed by atoms with van der Waals surface area (Å²) in [7, 11) is 0. The zero-order chi connectivity index (χ0) is 7.94. The summed E-state index contributed by atoms with van der Waals surface area (Å²) in [6, 6.07) is 0. The highest BCUT2D eigenvalue weighted by molar-refractivity contribution is 4.69. The van der Waals surface area contributed by atoms with Crippen LogP contribution in [0.3, 0.4) is 0 Å². The first kappa shape index (κ1) is 8.97. The Labute approximate surface area is 68.7 Å². The Hall–Kier alpha value is -0.120. The third-order valence-electron chi connectivity index (χ3n) is 2.00. The van der Waals surface area contributed by atoms with E-state index in [1.54, 1.807) is 0 Å². The minimum atomic E-state index is 0.426. The first-order valence-electron chi connectivity index (χ1n) is 4.53. The van der Waals surface area contributed by atoms with Crippen LogP contribution < -0.4 is 16.4 Å². The van der Waals surface area contributed by atoms with E-state index < -0.39 is 0 Å². The van der Waals surface area contributed by atoms with Crippen molar-refractivity contribution < 1.29 is 0 Å². The van der Waals surface area contributed by atoms with Crippen LogP contribution >= 0.6 is 0 Å². The highest BCUT2D eigenvalue weighted by Crippen LogP contribution is 2.05. The van der Waals surface area contributed by atoms with Gasteiger partial charge in [-0.3, -0.25) is 0 Å². The van der Waals surface area contributed by atoms with Gasteiger partial charge in [-0.2, -0.15) is 0 Å². The summed E-state index contributed by atoms with van der Waals surface area (Å²) in [5.41, 5.74) is 5.37. The van der Waals surface area contributed by atoms with Gasteiger partial charge in [0.05, 0.1) is 6.17 Å². The van der Waals surface area contributed by atoms with Gasteiger partial charge in [-0.15, -0.1) is 0 Å². The molecule has 0 aromatic rings. The molecule has 1 atom stereocenters. The van der Waals surface area contributed by atoms with E-state index in [9.17, 15) is 0 Å². The molecule has 1 unspecified atom stereocenters. The molecule has 0 aromatic carbocycles. The first-order chi connectivity index (χ1) is 5.43. The van der Waals surface area contributed by atoms with E-state index in [0.717, 1.165) is 26.1 Å². The molecule has 0 aliphatic carbocycles. The summed E-state index contributed by atoms with van der Waals surface area (Å²) in [6.45, 7) is 2.84. The van der Waals surface area contributed by atoms with Crippen molar-refractivity contribution in [3.63, 3.8) is 0 Å². The summed E-state index contributed by atoms with van der Waals surface area (Å²) >= 11 is 0. The molecular formula is C8H18N3. The van der Waals surface area contributed by atoms with E-state index in [2.05, 4.69) is 10.6 Å². The van der Waals surface area contributed by atoms with Crippen LogP contribution in [0.25, 0.3) is 0 Å². The minimum Gasteiger partial charge on any atom is -0.330 e. The Bertz CT molecular complexity index is 89.3. The van der Waals surface area contributed by atoms with Gasteiger partial charge < -0.3 is 11.1 Å². The summed E-state index contributed by atoms with van der Waals surface area (Å²) in [5, 5.41) is 7.83. The molecule has 1 radical (unpaired) electrons. The summed E-state index contributed by atoms with van der Waals surface area (Å²) in [5.74, 6) is 0. The maximum Gasteiger partial charge on any atom is 0.0735 e. The largest absolute Gasteiger partial charge is 0.330 e. The Kier molecular flexibility index (Phi) is 4.50. The lowest BCUT2D eigenvalue weighted by molar-refractivity contribution is 0.336.